The number of rotatable bonds is 4. The van der Waals surface area contributed by atoms with Gasteiger partial charge >= 0.3 is 0 Å². The molecule has 0 radical (unpaired) electrons. The fraction of sp³-hybridized carbons (Fsp3) is 0.389. The van der Waals surface area contributed by atoms with Crippen LogP contribution in [0.15, 0.2) is 41.4 Å². The first-order chi connectivity index (χ1) is 11.8. The molecule has 134 valence electrons. The van der Waals surface area contributed by atoms with Gasteiger partial charge in [-0.1, -0.05) is 6.92 Å². The zero-order valence-electron chi connectivity index (χ0n) is 14.4. The van der Waals surface area contributed by atoms with Gasteiger partial charge in [0, 0.05) is 13.1 Å². The number of hydrogen-bond donors (Lipinski definition) is 1. The number of benzene rings is 1. The second kappa shape index (κ2) is 7.00. The predicted octanol–water partition coefficient (Wildman–Crippen LogP) is 3.57. The molecule has 1 fully saturated rings. The van der Waals surface area contributed by atoms with Crippen LogP contribution in [-0.2, 0) is 10.0 Å². The average molecular weight is 363 g/mol. The molecule has 1 aromatic heterocycles. The topological polar surface area (TPSA) is 62.3 Å². The van der Waals surface area contributed by atoms with Crippen LogP contribution in [0.1, 0.15) is 25.3 Å². The quantitative estimate of drug-likeness (QED) is 0.902. The van der Waals surface area contributed by atoms with Gasteiger partial charge < -0.3 is 4.90 Å². The van der Waals surface area contributed by atoms with Crippen molar-refractivity contribution in [2.45, 2.75) is 31.6 Å². The van der Waals surface area contributed by atoms with Crippen molar-refractivity contribution in [1.82, 2.24) is 4.98 Å². The third kappa shape index (κ3) is 4.10. The first kappa shape index (κ1) is 17.7. The zero-order chi connectivity index (χ0) is 18.0. The number of nitrogens with zero attached hydrogens (tertiary/aromatic N) is 2. The molecule has 1 saturated heterocycles. The van der Waals surface area contributed by atoms with Crippen molar-refractivity contribution in [3.8, 4) is 0 Å². The number of aromatic nitrogens is 1. The van der Waals surface area contributed by atoms with E-state index in [1.807, 2.05) is 6.07 Å². The summed E-state index contributed by atoms with van der Waals surface area (Å²) in [5.74, 6) is 1.13. The van der Waals surface area contributed by atoms with E-state index < -0.39 is 15.8 Å². The van der Waals surface area contributed by atoms with Crippen molar-refractivity contribution in [2.24, 2.45) is 5.92 Å². The van der Waals surface area contributed by atoms with Gasteiger partial charge in [0.1, 0.15) is 11.6 Å². The number of pyridine rings is 1. The van der Waals surface area contributed by atoms with Crippen molar-refractivity contribution in [3.05, 3.63) is 47.9 Å². The third-order valence-electron chi connectivity index (χ3n) is 4.53. The van der Waals surface area contributed by atoms with Gasteiger partial charge in [0.25, 0.3) is 10.0 Å². The number of halogens is 1. The lowest BCUT2D eigenvalue weighted by Crippen LogP contribution is -2.33. The second-order valence-electron chi connectivity index (χ2n) is 6.59. The maximum absolute atomic E-state index is 13.2. The fourth-order valence-electron chi connectivity index (χ4n) is 3.00. The van der Waals surface area contributed by atoms with Crippen LogP contribution >= 0.6 is 0 Å². The summed E-state index contributed by atoms with van der Waals surface area (Å²) >= 11 is 0. The van der Waals surface area contributed by atoms with E-state index >= 15 is 0 Å². The summed E-state index contributed by atoms with van der Waals surface area (Å²) in [6.45, 7) is 5.75. The normalized spacial score (nSPS) is 16.0. The fourth-order valence-corrected chi connectivity index (χ4v) is 4.27. The minimum Gasteiger partial charge on any atom is -0.357 e. The van der Waals surface area contributed by atoms with E-state index in [1.165, 1.54) is 18.3 Å². The van der Waals surface area contributed by atoms with E-state index in [0.29, 0.717) is 11.3 Å². The Balaban J connectivity index is 1.74. The van der Waals surface area contributed by atoms with Crippen molar-refractivity contribution >= 4 is 21.5 Å². The molecule has 2 heterocycles. The highest BCUT2D eigenvalue weighted by Gasteiger charge is 2.19. The van der Waals surface area contributed by atoms with Crippen molar-refractivity contribution in [3.63, 3.8) is 0 Å². The molecule has 0 saturated carbocycles. The number of piperidine rings is 1. The first-order valence-electron chi connectivity index (χ1n) is 8.35. The van der Waals surface area contributed by atoms with Crippen LogP contribution in [-0.4, -0.2) is 26.5 Å². The maximum atomic E-state index is 13.2. The Morgan fingerprint density at radius 2 is 1.92 bits per heavy atom. The summed E-state index contributed by atoms with van der Waals surface area (Å²) < 4.78 is 40.6. The zero-order valence-corrected chi connectivity index (χ0v) is 15.2. The van der Waals surface area contributed by atoms with Gasteiger partial charge in [0.15, 0.2) is 0 Å². The van der Waals surface area contributed by atoms with Crippen LogP contribution < -0.4 is 9.62 Å². The summed E-state index contributed by atoms with van der Waals surface area (Å²) in [5, 5.41) is 0. The van der Waals surface area contributed by atoms with Crippen LogP contribution in [0, 0.1) is 18.7 Å². The Labute approximate surface area is 147 Å². The number of nitrogens with one attached hydrogen (secondary N) is 1. The molecule has 25 heavy (non-hydrogen) atoms. The molecular weight excluding hydrogens is 341 g/mol. The maximum Gasteiger partial charge on any atom is 0.262 e. The van der Waals surface area contributed by atoms with Gasteiger partial charge in [-0.15, -0.1) is 0 Å². The van der Waals surface area contributed by atoms with E-state index in [1.54, 1.807) is 13.0 Å². The average Bonchev–Trinajstić information content (AvgIpc) is 2.55. The Morgan fingerprint density at radius 1 is 1.20 bits per heavy atom. The monoisotopic (exact) mass is 363 g/mol. The molecule has 0 amide bonds. The van der Waals surface area contributed by atoms with Gasteiger partial charge in [0.05, 0.1) is 16.8 Å². The van der Waals surface area contributed by atoms with E-state index in [9.17, 15) is 12.8 Å². The summed E-state index contributed by atoms with van der Waals surface area (Å²) in [6, 6.07) is 7.14. The highest BCUT2D eigenvalue weighted by atomic mass is 32.2. The van der Waals surface area contributed by atoms with Crippen molar-refractivity contribution in [2.75, 3.05) is 22.7 Å². The van der Waals surface area contributed by atoms with Gasteiger partial charge in [-0.25, -0.2) is 17.8 Å². The van der Waals surface area contributed by atoms with Crippen molar-refractivity contribution in [1.29, 1.82) is 0 Å². The molecule has 0 unspecified atom stereocenters. The Bertz CT molecular complexity index is 845. The number of sulfonamides is 1. The van der Waals surface area contributed by atoms with Crippen LogP contribution in [0.3, 0.4) is 0 Å². The molecule has 1 N–H and O–H groups in total. The Morgan fingerprint density at radius 3 is 2.52 bits per heavy atom. The molecular formula is C18H22FN3O2S. The van der Waals surface area contributed by atoms with Gasteiger partial charge in [-0.2, -0.15) is 0 Å². The lowest BCUT2D eigenvalue weighted by Gasteiger charge is -2.31. The molecule has 3 rings (SSSR count). The van der Waals surface area contributed by atoms with Crippen LogP contribution in [0.2, 0.25) is 0 Å². The Kier molecular flexibility index (Phi) is 4.94. The molecule has 2 aromatic rings. The second-order valence-corrected chi connectivity index (χ2v) is 8.24. The SMILES string of the molecule is Cc1cc(F)ccc1S(=O)(=O)Nc1ccc(N2CCC(C)CC2)nc1. The van der Waals surface area contributed by atoms with E-state index in [4.69, 9.17) is 0 Å². The first-order valence-corrected chi connectivity index (χ1v) is 9.83. The molecule has 5 nitrogen and oxygen atoms in total. The summed E-state index contributed by atoms with van der Waals surface area (Å²) in [4.78, 5) is 6.65. The minimum absolute atomic E-state index is 0.0583. The van der Waals surface area contributed by atoms with Crippen LogP contribution in [0.25, 0.3) is 0 Å². The summed E-state index contributed by atoms with van der Waals surface area (Å²) in [5.41, 5.74) is 0.748. The lowest BCUT2D eigenvalue weighted by molar-refractivity contribution is 0.436. The van der Waals surface area contributed by atoms with Gasteiger partial charge in [-0.3, -0.25) is 4.72 Å². The number of hydrogen-bond acceptors (Lipinski definition) is 4. The van der Waals surface area contributed by atoms with E-state index in [0.717, 1.165) is 43.7 Å². The highest BCUT2D eigenvalue weighted by molar-refractivity contribution is 7.92. The lowest BCUT2D eigenvalue weighted by atomic mass is 9.99. The molecule has 0 bridgehead atoms. The third-order valence-corrected chi connectivity index (χ3v) is 6.08. The standard InChI is InChI=1S/C18H22FN3O2S/c1-13-7-9-22(10-8-13)18-6-4-16(12-20-18)21-25(23,24)17-5-3-15(19)11-14(17)2/h3-6,11-13,21H,7-10H2,1-2H3. The van der Waals surface area contributed by atoms with Crippen LogP contribution in [0.5, 0.6) is 0 Å². The molecule has 0 atom stereocenters. The molecule has 1 aromatic carbocycles. The van der Waals surface area contributed by atoms with Gasteiger partial charge in [0.2, 0.25) is 0 Å². The smallest absolute Gasteiger partial charge is 0.262 e. The number of anilines is 2. The van der Waals surface area contributed by atoms with Crippen LogP contribution in [0.4, 0.5) is 15.9 Å². The molecule has 0 aliphatic carbocycles. The predicted molar refractivity (Wildman–Crippen MR) is 96.8 cm³/mol. The highest BCUT2D eigenvalue weighted by Crippen LogP contribution is 2.24. The largest absolute Gasteiger partial charge is 0.357 e. The van der Waals surface area contributed by atoms with Gasteiger partial charge in [-0.05, 0) is 61.6 Å². The molecule has 1 aliphatic heterocycles. The minimum atomic E-state index is -3.78. The summed E-state index contributed by atoms with van der Waals surface area (Å²) in [7, 11) is -3.78. The van der Waals surface area contributed by atoms with E-state index in [-0.39, 0.29) is 4.90 Å². The summed E-state index contributed by atoms with van der Waals surface area (Å²) in [6.07, 6.45) is 3.80. The molecule has 1 aliphatic rings. The Hall–Kier alpha value is -2.15. The molecule has 0 spiro atoms. The molecule has 7 heteroatoms. The number of aryl methyl sites for hydroxylation is 1. The van der Waals surface area contributed by atoms with Crippen molar-refractivity contribution < 1.29 is 12.8 Å². The van der Waals surface area contributed by atoms with E-state index in [2.05, 4.69) is 21.5 Å².